The predicted octanol–water partition coefficient (Wildman–Crippen LogP) is 4.92. The molecule has 0 aliphatic carbocycles. The summed E-state index contributed by atoms with van der Waals surface area (Å²) in [7, 11) is 0. The number of benzene rings is 1. The molecule has 16 heavy (non-hydrogen) atoms. The van der Waals surface area contributed by atoms with Crippen LogP contribution >= 0.6 is 0 Å². The smallest absolute Gasteiger partial charge is 0.00699 e. The summed E-state index contributed by atoms with van der Waals surface area (Å²) in [5.74, 6) is 0. The summed E-state index contributed by atoms with van der Waals surface area (Å²) in [4.78, 5) is 0. The van der Waals surface area contributed by atoms with Gasteiger partial charge in [-0.2, -0.15) is 0 Å². The molecule has 0 unspecified atom stereocenters. The molecule has 0 heteroatoms. The minimum atomic E-state index is 0.906. The van der Waals surface area contributed by atoms with E-state index in [-0.39, 0.29) is 0 Å². The molecule has 0 aromatic heterocycles. The molecule has 0 aliphatic rings. The van der Waals surface area contributed by atoms with Crippen molar-refractivity contribution < 1.29 is 0 Å². The van der Waals surface area contributed by atoms with E-state index in [2.05, 4.69) is 50.4 Å². The Hall–Kier alpha value is -1.56. The van der Waals surface area contributed by atoms with E-state index >= 15 is 0 Å². The van der Waals surface area contributed by atoms with Crippen LogP contribution in [0.2, 0.25) is 0 Å². The molecule has 0 nitrogen and oxygen atoms in total. The Morgan fingerprint density at radius 1 is 1.12 bits per heavy atom. The second-order valence-electron chi connectivity index (χ2n) is 4.49. The van der Waals surface area contributed by atoms with E-state index < -0.39 is 0 Å². The zero-order valence-electron chi connectivity index (χ0n) is 10.5. The molecule has 0 saturated heterocycles. The number of aryl methyl sites for hydroxylation is 1. The lowest BCUT2D eigenvalue weighted by Crippen LogP contribution is -1.86. The average Bonchev–Trinajstić information content (AvgIpc) is 2.19. The van der Waals surface area contributed by atoms with Gasteiger partial charge in [0.15, 0.2) is 0 Å². The molecule has 0 amide bonds. The second kappa shape index (κ2) is 5.50. The third-order valence-corrected chi connectivity index (χ3v) is 2.46. The molecule has 0 N–H and O–H groups in total. The molecule has 1 aromatic carbocycles. The van der Waals surface area contributed by atoms with Crippen molar-refractivity contribution in [3.05, 3.63) is 65.3 Å². The van der Waals surface area contributed by atoms with Gasteiger partial charge in [0, 0.05) is 0 Å². The van der Waals surface area contributed by atoms with E-state index in [0.29, 0.717) is 0 Å². The Morgan fingerprint density at radius 2 is 1.69 bits per heavy atom. The summed E-state index contributed by atoms with van der Waals surface area (Å²) in [5.41, 5.74) is 6.06. The van der Waals surface area contributed by atoms with Gasteiger partial charge in [0.1, 0.15) is 0 Å². The normalized spacial score (nSPS) is 11.3. The van der Waals surface area contributed by atoms with Crippen LogP contribution in [-0.4, -0.2) is 0 Å². The van der Waals surface area contributed by atoms with E-state index in [4.69, 9.17) is 0 Å². The third-order valence-electron chi connectivity index (χ3n) is 2.46. The largest absolute Gasteiger partial charge is 0.0998 e. The lowest BCUT2D eigenvalue weighted by Gasteiger charge is -2.07. The lowest BCUT2D eigenvalue weighted by molar-refractivity contribution is 1.14. The van der Waals surface area contributed by atoms with Crippen LogP contribution in [-0.2, 0) is 0 Å². The Balaban J connectivity index is 2.97. The fraction of sp³-hybridized carbons (Fsp3) is 0.250. The minimum Gasteiger partial charge on any atom is -0.0998 e. The van der Waals surface area contributed by atoms with Crippen molar-refractivity contribution in [1.29, 1.82) is 0 Å². The number of hydrogen-bond acceptors (Lipinski definition) is 0. The van der Waals surface area contributed by atoms with E-state index in [0.717, 1.165) is 12.0 Å². The molecule has 0 spiro atoms. The maximum absolute atomic E-state index is 4.01. The fourth-order valence-electron chi connectivity index (χ4n) is 1.51. The second-order valence-corrected chi connectivity index (χ2v) is 4.49. The molecule has 0 fully saturated rings. The molecular formula is C16H20. The molecule has 0 heterocycles. The van der Waals surface area contributed by atoms with Crippen LogP contribution in [0.4, 0.5) is 0 Å². The standard InChI is InChI=1S/C16H20/c1-12(2)10-16(13(3)4)11-15-8-6-14(5)7-9-15/h6-9,11H,1,3,10H2,2,4-5H3/b16-11+. The highest BCUT2D eigenvalue weighted by Gasteiger charge is 1.99. The SMILES string of the molecule is C=C(C)C/C(=C\c1ccc(C)cc1)C(=C)C. The summed E-state index contributed by atoms with van der Waals surface area (Å²) in [5, 5.41) is 0. The van der Waals surface area contributed by atoms with Crippen LogP contribution in [0, 0.1) is 6.92 Å². The molecule has 0 saturated carbocycles. The van der Waals surface area contributed by atoms with Crippen molar-refractivity contribution in [2.45, 2.75) is 27.2 Å². The highest BCUT2D eigenvalue weighted by atomic mass is 14.0. The Labute approximate surface area is 99.0 Å². The first-order valence-corrected chi connectivity index (χ1v) is 5.56. The van der Waals surface area contributed by atoms with Gasteiger partial charge in [-0.15, -0.1) is 0 Å². The van der Waals surface area contributed by atoms with Crippen molar-refractivity contribution in [3.8, 4) is 0 Å². The van der Waals surface area contributed by atoms with Gasteiger partial charge in [-0.05, 0) is 38.3 Å². The van der Waals surface area contributed by atoms with E-state index in [9.17, 15) is 0 Å². The van der Waals surface area contributed by atoms with Crippen molar-refractivity contribution in [1.82, 2.24) is 0 Å². The van der Waals surface area contributed by atoms with Gasteiger partial charge >= 0.3 is 0 Å². The zero-order chi connectivity index (χ0) is 12.1. The van der Waals surface area contributed by atoms with Gasteiger partial charge in [-0.1, -0.05) is 60.2 Å². The van der Waals surface area contributed by atoms with Gasteiger partial charge in [-0.25, -0.2) is 0 Å². The average molecular weight is 212 g/mol. The molecule has 0 bridgehead atoms. The highest BCUT2D eigenvalue weighted by Crippen LogP contribution is 2.20. The number of hydrogen-bond donors (Lipinski definition) is 0. The number of rotatable bonds is 4. The van der Waals surface area contributed by atoms with Crippen molar-refractivity contribution in [2.24, 2.45) is 0 Å². The monoisotopic (exact) mass is 212 g/mol. The van der Waals surface area contributed by atoms with E-state index in [1.165, 1.54) is 22.3 Å². The van der Waals surface area contributed by atoms with Gasteiger partial charge < -0.3 is 0 Å². The maximum Gasteiger partial charge on any atom is -0.00699 e. The van der Waals surface area contributed by atoms with Crippen molar-refractivity contribution >= 4 is 6.08 Å². The molecule has 0 aliphatic heterocycles. The Kier molecular flexibility index (Phi) is 4.30. The first-order valence-electron chi connectivity index (χ1n) is 5.56. The lowest BCUT2D eigenvalue weighted by atomic mass is 9.99. The summed E-state index contributed by atoms with van der Waals surface area (Å²) >= 11 is 0. The van der Waals surface area contributed by atoms with Crippen molar-refractivity contribution in [2.75, 3.05) is 0 Å². The topological polar surface area (TPSA) is 0 Å². The quantitative estimate of drug-likeness (QED) is 0.491. The summed E-state index contributed by atoms with van der Waals surface area (Å²) in [6, 6.07) is 8.53. The maximum atomic E-state index is 4.01. The molecule has 1 aromatic rings. The van der Waals surface area contributed by atoms with Crippen LogP contribution in [0.25, 0.3) is 6.08 Å². The van der Waals surface area contributed by atoms with Crippen LogP contribution in [0.1, 0.15) is 31.4 Å². The van der Waals surface area contributed by atoms with Gasteiger partial charge in [0.05, 0.1) is 0 Å². The van der Waals surface area contributed by atoms with Crippen LogP contribution < -0.4 is 0 Å². The van der Waals surface area contributed by atoms with Crippen LogP contribution in [0.3, 0.4) is 0 Å². The summed E-state index contributed by atoms with van der Waals surface area (Å²) in [6.45, 7) is 14.2. The zero-order valence-corrected chi connectivity index (χ0v) is 10.5. The predicted molar refractivity (Wildman–Crippen MR) is 73.4 cm³/mol. The number of allylic oxidation sites excluding steroid dienone is 3. The Morgan fingerprint density at radius 3 is 2.12 bits per heavy atom. The van der Waals surface area contributed by atoms with Crippen LogP contribution in [0.5, 0.6) is 0 Å². The molecular weight excluding hydrogens is 192 g/mol. The highest BCUT2D eigenvalue weighted by molar-refractivity contribution is 5.58. The third kappa shape index (κ3) is 3.90. The summed E-state index contributed by atoms with van der Waals surface area (Å²) in [6.07, 6.45) is 3.10. The Bertz CT molecular complexity index is 416. The van der Waals surface area contributed by atoms with Gasteiger partial charge in [0.25, 0.3) is 0 Å². The van der Waals surface area contributed by atoms with E-state index in [1.54, 1.807) is 0 Å². The first kappa shape index (κ1) is 12.5. The molecule has 1 rings (SSSR count). The summed E-state index contributed by atoms with van der Waals surface area (Å²) < 4.78 is 0. The first-order chi connectivity index (χ1) is 7.49. The van der Waals surface area contributed by atoms with Gasteiger partial charge in [-0.3, -0.25) is 0 Å². The van der Waals surface area contributed by atoms with E-state index in [1.807, 2.05) is 13.8 Å². The molecule has 84 valence electrons. The van der Waals surface area contributed by atoms with Crippen molar-refractivity contribution in [3.63, 3.8) is 0 Å². The van der Waals surface area contributed by atoms with Gasteiger partial charge in [0.2, 0.25) is 0 Å². The minimum absolute atomic E-state index is 0.906. The molecule has 0 radical (unpaired) electrons. The fourth-order valence-corrected chi connectivity index (χ4v) is 1.51. The van der Waals surface area contributed by atoms with Crippen LogP contribution in [0.15, 0.2) is 54.1 Å². The molecule has 0 atom stereocenters.